The standard InChI is InChI=1S/C25H25FN4O3S/c1-15-21(11-17-6-5-7-18(26)10-17)16(2)30(29-15)25-27-19(14-34-25)12-24(31)28-22-9-8-20(32-3)13-23(22)33-4/h5-10,13-14H,11-12H2,1-4H3,(H,28,31). The van der Waals surface area contributed by atoms with Crippen LogP contribution in [0.4, 0.5) is 10.1 Å². The second-order valence-electron chi connectivity index (χ2n) is 7.78. The van der Waals surface area contributed by atoms with Crippen molar-refractivity contribution in [1.82, 2.24) is 14.8 Å². The van der Waals surface area contributed by atoms with Crippen LogP contribution in [-0.4, -0.2) is 34.9 Å². The van der Waals surface area contributed by atoms with Crippen LogP contribution in [0.2, 0.25) is 0 Å². The molecule has 0 spiro atoms. The summed E-state index contributed by atoms with van der Waals surface area (Å²) in [6, 6.07) is 11.8. The van der Waals surface area contributed by atoms with Gasteiger partial charge in [0.05, 0.1) is 37.7 Å². The molecule has 0 unspecified atom stereocenters. The number of nitrogens with zero attached hydrogens (tertiary/aromatic N) is 3. The van der Waals surface area contributed by atoms with Crippen molar-refractivity contribution in [3.8, 4) is 16.6 Å². The molecule has 0 aliphatic rings. The number of benzene rings is 2. The fourth-order valence-electron chi connectivity index (χ4n) is 3.70. The number of hydrogen-bond donors (Lipinski definition) is 1. The van der Waals surface area contributed by atoms with Crippen molar-refractivity contribution in [2.24, 2.45) is 0 Å². The van der Waals surface area contributed by atoms with E-state index < -0.39 is 0 Å². The van der Waals surface area contributed by atoms with E-state index in [1.807, 2.05) is 25.3 Å². The first kappa shape index (κ1) is 23.4. The third-order valence-corrected chi connectivity index (χ3v) is 6.32. The third-order valence-electron chi connectivity index (χ3n) is 5.46. The average Bonchev–Trinajstić information content (AvgIpc) is 3.38. The van der Waals surface area contributed by atoms with E-state index >= 15 is 0 Å². The fourth-order valence-corrected chi connectivity index (χ4v) is 4.53. The van der Waals surface area contributed by atoms with Crippen LogP contribution < -0.4 is 14.8 Å². The van der Waals surface area contributed by atoms with Crippen molar-refractivity contribution in [3.05, 3.63) is 81.9 Å². The first-order chi connectivity index (χ1) is 16.4. The highest BCUT2D eigenvalue weighted by Gasteiger charge is 2.17. The van der Waals surface area contributed by atoms with Gasteiger partial charge in [0.15, 0.2) is 0 Å². The maximum Gasteiger partial charge on any atom is 0.230 e. The summed E-state index contributed by atoms with van der Waals surface area (Å²) >= 11 is 1.42. The van der Waals surface area contributed by atoms with Gasteiger partial charge in [0.2, 0.25) is 11.0 Å². The lowest BCUT2D eigenvalue weighted by atomic mass is 10.0. The molecule has 2 aromatic carbocycles. The number of nitrogens with one attached hydrogen (secondary N) is 1. The Morgan fingerprint density at radius 2 is 1.97 bits per heavy atom. The highest BCUT2D eigenvalue weighted by Crippen LogP contribution is 2.29. The quantitative estimate of drug-likeness (QED) is 0.389. The number of halogens is 1. The maximum atomic E-state index is 13.6. The Morgan fingerprint density at radius 3 is 2.71 bits per heavy atom. The van der Waals surface area contributed by atoms with Crippen molar-refractivity contribution in [1.29, 1.82) is 0 Å². The summed E-state index contributed by atoms with van der Waals surface area (Å²) in [5, 5.41) is 10.0. The van der Waals surface area contributed by atoms with Crippen molar-refractivity contribution < 1.29 is 18.7 Å². The Bertz CT molecular complexity index is 1330. The van der Waals surface area contributed by atoms with Crippen molar-refractivity contribution in [2.75, 3.05) is 19.5 Å². The van der Waals surface area contributed by atoms with Crippen LogP contribution in [-0.2, 0) is 17.6 Å². The Morgan fingerprint density at radius 1 is 1.15 bits per heavy atom. The molecular formula is C25H25FN4O3S. The van der Waals surface area contributed by atoms with Gasteiger partial charge >= 0.3 is 0 Å². The zero-order valence-electron chi connectivity index (χ0n) is 19.4. The number of methoxy groups -OCH3 is 2. The minimum Gasteiger partial charge on any atom is -0.497 e. The molecule has 34 heavy (non-hydrogen) atoms. The molecule has 2 heterocycles. The molecule has 0 aliphatic heterocycles. The summed E-state index contributed by atoms with van der Waals surface area (Å²) in [6.07, 6.45) is 0.695. The number of hydrogen-bond acceptors (Lipinski definition) is 6. The van der Waals surface area contributed by atoms with Gasteiger partial charge in [-0.3, -0.25) is 4.79 Å². The number of anilines is 1. The first-order valence-corrected chi connectivity index (χ1v) is 11.5. The van der Waals surface area contributed by atoms with Crippen LogP contribution in [0, 0.1) is 19.7 Å². The molecule has 0 aliphatic carbocycles. The molecule has 4 rings (SSSR count). The number of carbonyl (C=O) groups excluding carboxylic acids is 1. The molecule has 0 bridgehead atoms. The van der Waals surface area contributed by atoms with Gasteiger partial charge in [-0.25, -0.2) is 14.1 Å². The fraction of sp³-hybridized carbons (Fsp3) is 0.240. The summed E-state index contributed by atoms with van der Waals surface area (Å²) in [7, 11) is 3.11. The number of amides is 1. The molecule has 0 saturated heterocycles. The van der Waals surface area contributed by atoms with Gasteiger partial charge in [-0.15, -0.1) is 11.3 Å². The van der Waals surface area contributed by atoms with Gasteiger partial charge in [-0.05, 0) is 43.7 Å². The number of thiazole rings is 1. The zero-order valence-corrected chi connectivity index (χ0v) is 20.2. The molecule has 4 aromatic rings. The van der Waals surface area contributed by atoms with Gasteiger partial charge in [0.1, 0.15) is 17.3 Å². The molecule has 0 saturated carbocycles. The number of ether oxygens (including phenoxy) is 2. The van der Waals surface area contributed by atoms with Crippen LogP contribution in [0.1, 0.15) is 28.2 Å². The Hall–Kier alpha value is -3.72. The molecule has 9 heteroatoms. The summed E-state index contributed by atoms with van der Waals surface area (Å²) in [5.41, 5.74) is 4.93. The predicted octanol–water partition coefficient (Wildman–Crippen LogP) is 4.87. The van der Waals surface area contributed by atoms with E-state index in [-0.39, 0.29) is 18.1 Å². The topological polar surface area (TPSA) is 78.3 Å². The van der Waals surface area contributed by atoms with Crippen LogP contribution in [0.25, 0.3) is 5.13 Å². The zero-order chi connectivity index (χ0) is 24.2. The lowest BCUT2D eigenvalue weighted by molar-refractivity contribution is -0.115. The normalized spacial score (nSPS) is 10.9. The van der Waals surface area contributed by atoms with E-state index in [0.29, 0.717) is 34.4 Å². The van der Waals surface area contributed by atoms with Crippen molar-refractivity contribution in [2.45, 2.75) is 26.7 Å². The third kappa shape index (κ3) is 5.09. The number of carbonyl (C=O) groups is 1. The molecule has 7 nitrogen and oxygen atoms in total. The molecule has 1 N–H and O–H groups in total. The van der Waals surface area contributed by atoms with Crippen LogP contribution >= 0.6 is 11.3 Å². The number of rotatable bonds is 8. The summed E-state index contributed by atoms with van der Waals surface area (Å²) < 4.78 is 25.9. The Labute approximate surface area is 201 Å². The molecule has 0 fully saturated rings. The van der Waals surface area contributed by atoms with Crippen LogP contribution in [0.5, 0.6) is 11.5 Å². The number of aromatic nitrogens is 3. The van der Waals surface area contributed by atoms with Gasteiger partial charge < -0.3 is 14.8 Å². The number of aryl methyl sites for hydroxylation is 1. The molecular weight excluding hydrogens is 455 g/mol. The molecule has 0 radical (unpaired) electrons. The van der Waals surface area contributed by atoms with E-state index in [0.717, 1.165) is 22.5 Å². The van der Waals surface area contributed by atoms with Crippen molar-refractivity contribution in [3.63, 3.8) is 0 Å². The lowest BCUT2D eigenvalue weighted by Gasteiger charge is -2.11. The first-order valence-electron chi connectivity index (χ1n) is 10.6. The Balaban J connectivity index is 1.48. The summed E-state index contributed by atoms with van der Waals surface area (Å²) in [6.45, 7) is 3.90. The second kappa shape index (κ2) is 10.0. The average molecular weight is 481 g/mol. The van der Waals surface area contributed by atoms with Gasteiger partial charge in [0, 0.05) is 29.1 Å². The SMILES string of the molecule is COc1ccc(NC(=O)Cc2csc(-n3nc(C)c(Cc4cccc(F)c4)c3C)n2)c(OC)c1. The monoisotopic (exact) mass is 480 g/mol. The van der Waals surface area contributed by atoms with E-state index in [1.54, 1.807) is 36.1 Å². The van der Waals surface area contributed by atoms with Gasteiger partial charge in [-0.2, -0.15) is 5.10 Å². The highest BCUT2D eigenvalue weighted by molar-refractivity contribution is 7.12. The Kier molecular flexibility index (Phi) is 6.93. The van der Waals surface area contributed by atoms with Gasteiger partial charge in [0.25, 0.3) is 0 Å². The molecule has 0 atom stereocenters. The predicted molar refractivity (Wildman–Crippen MR) is 130 cm³/mol. The maximum absolute atomic E-state index is 13.6. The summed E-state index contributed by atoms with van der Waals surface area (Å²) in [5.74, 6) is 0.691. The second-order valence-corrected chi connectivity index (χ2v) is 8.62. The minimum atomic E-state index is -0.254. The van der Waals surface area contributed by atoms with Crippen molar-refractivity contribution >= 4 is 22.9 Å². The van der Waals surface area contributed by atoms with E-state index in [9.17, 15) is 9.18 Å². The summed E-state index contributed by atoms with van der Waals surface area (Å²) in [4.78, 5) is 17.2. The minimum absolute atomic E-state index is 0.112. The van der Waals surface area contributed by atoms with Crippen LogP contribution in [0.3, 0.4) is 0 Å². The molecule has 2 aromatic heterocycles. The van der Waals surface area contributed by atoms with Crippen LogP contribution in [0.15, 0.2) is 47.8 Å². The smallest absolute Gasteiger partial charge is 0.230 e. The van der Waals surface area contributed by atoms with E-state index in [4.69, 9.17) is 9.47 Å². The van der Waals surface area contributed by atoms with Gasteiger partial charge in [-0.1, -0.05) is 12.1 Å². The highest BCUT2D eigenvalue weighted by atomic mass is 32.1. The van der Waals surface area contributed by atoms with E-state index in [2.05, 4.69) is 15.4 Å². The largest absolute Gasteiger partial charge is 0.497 e. The van der Waals surface area contributed by atoms with E-state index in [1.165, 1.54) is 30.6 Å². The molecule has 1 amide bonds. The molecule has 176 valence electrons. The lowest BCUT2D eigenvalue weighted by Crippen LogP contribution is -2.15.